The van der Waals surface area contributed by atoms with Crippen LogP contribution >= 0.6 is 11.3 Å². The molecule has 5 nitrogen and oxygen atoms in total. The lowest BCUT2D eigenvalue weighted by atomic mass is 10.1. The summed E-state index contributed by atoms with van der Waals surface area (Å²) in [4.78, 5) is 27.5. The molecular weight excluding hydrogens is 336 g/mol. The van der Waals surface area contributed by atoms with Gasteiger partial charge in [0.2, 0.25) is 5.91 Å². The Hall–Kier alpha value is -2.99. The van der Waals surface area contributed by atoms with E-state index in [1.54, 1.807) is 18.2 Å². The van der Waals surface area contributed by atoms with Crippen LogP contribution in [-0.4, -0.2) is 22.0 Å². The highest BCUT2D eigenvalue weighted by atomic mass is 32.1. The highest BCUT2D eigenvalue weighted by Gasteiger charge is 2.10. The zero-order valence-electron chi connectivity index (χ0n) is 13.3. The van der Waals surface area contributed by atoms with E-state index in [1.165, 1.54) is 17.4 Å². The molecule has 0 aliphatic rings. The van der Waals surface area contributed by atoms with Gasteiger partial charge in [0, 0.05) is 17.5 Å². The maximum Gasteiger partial charge on any atom is 0.335 e. The van der Waals surface area contributed by atoms with Crippen molar-refractivity contribution in [2.75, 3.05) is 0 Å². The van der Waals surface area contributed by atoms with E-state index in [4.69, 9.17) is 5.11 Å². The van der Waals surface area contributed by atoms with Crippen molar-refractivity contribution in [2.24, 2.45) is 0 Å². The maximum absolute atomic E-state index is 12.1. The Morgan fingerprint density at radius 2 is 1.88 bits per heavy atom. The average molecular weight is 352 g/mol. The van der Waals surface area contributed by atoms with Crippen molar-refractivity contribution in [3.05, 3.63) is 76.1 Å². The molecular formula is C19H16N2O3S. The van der Waals surface area contributed by atoms with E-state index in [1.807, 2.05) is 35.7 Å². The van der Waals surface area contributed by atoms with Crippen molar-refractivity contribution >= 4 is 23.2 Å². The monoisotopic (exact) mass is 352 g/mol. The molecule has 0 atom stereocenters. The van der Waals surface area contributed by atoms with Crippen molar-refractivity contribution in [1.82, 2.24) is 10.3 Å². The van der Waals surface area contributed by atoms with E-state index in [0.717, 1.165) is 21.8 Å². The van der Waals surface area contributed by atoms with Crippen molar-refractivity contribution < 1.29 is 14.7 Å². The molecule has 3 rings (SSSR count). The first-order valence-electron chi connectivity index (χ1n) is 7.70. The first-order chi connectivity index (χ1) is 12.1. The molecule has 1 heterocycles. The molecule has 0 bridgehead atoms. The molecule has 0 fully saturated rings. The summed E-state index contributed by atoms with van der Waals surface area (Å²) in [7, 11) is 0. The number of carbonyl (C=O) groups is 2. The van der Waals surface area contributed by atoms with Crippen molar-refractivity contribution in [3.8, 4) is 11.3 Å². The van der Waals surface area contributed by atoms with Gasteiger partial charge in [0.15, 0.2) is 0 Å². The van der Waals surface area contributed by atoms with E-state index in [-0.39, 0.29) is 24.4 Å². The van der Waals surface area contributed by atoms with Gasteiger partial charge in [0.25, 0.3) is 0 Å². The number of carboxylic acids is 1. The summed E-state index contributed by atoms with van der Waals surface area (Å²) in [6.07, 6.45) is 0.204. The molecule has 0 saturated carbocycles. The van der Waals surface area contributed by atoms with Gasteiger partial charge in [0.05, 0.1) is 17.7 Å². The van der Waals surface area contributed by atoms with Crippen LogP contribution in [0.4, 0.5) is 0 Å². The zero-order chi connectivity index (χ0) is 17.6. The normalized spacial score (nSPS) is 10.4. The average Bonchev–Trinajstić information content (AvgIpc) is 3.09. The minimum absolute atomic E-state index is 0.144. The van der Waals surface area contributed by atoms with Gasteiger partial charge in [-0.1, -0.05) is 42.5 Å². The number of hydrogen-bond donors (Lipinski definition) is 2. The van der Waals surface area contributed by atoms with Crippen molar-refractivity contribution in [1.29, 1.82) is 0 Å². The Morgan fingerprint density at radius 1 is 1.08 bits per heavy atom. The van der Waals surface area contributed by atoms with Gasteiger partial charge in [-0.3, -0.25) is 4.79 Å². The van der Waals surface area contributed by atoms with Crippen LogP contribution in [0.1, 0.15) is 20.9 Å². The third-order valence-corrected chi connectivity index (χ3v) is 4.45. The van der Waals surface area contributed by atoms with Crippen molar-refractivity contribution in [2.45, 2.75) is 13.0 Å². The Kier molecular flexibility index (Phi) is 5.20. The second kappa shape index (κ2) is 7.72. The number of carboxylic acid groups (broad SMARTS) is 1. The molecule has 1 aromatic heterocycles. The fraction of sp³-hybridized carbons (Fsp3) is 0.105. The van der Waals surface area contributed by atoms with Gasteiger partial charge in [-0.25, -0.2) is 9.78 Å². The van der Waals surface area contributed by atoms with E-state index >= 15 is 0 Å². The molecule has 126 valence electrons. The van der Waals surface area contributed by atoms with Gasteiger partial charge < -0.3 is 10.4 Å². The Morgan fingerprint density at radius 3 is 2.64 bits per heavy atom. The fourth-order valence-electron chi connectivity index (χ4n) is 2.35. The summed E-state index contributed by atoms with van der Waals surface area (Å²) >= 11 is 1.45. The predicted octanol–water partition coefficient (Wildman–Crippen LogP) is 3.37. The Bertz CT molecular complexity index is 890. The minimum Gasteiger partial charge on any atom is -0.478 e. The third-order valence-electron chi connectivity index (χ3n) is 3.60. The molecule has 2 N–H and O–H groups in total. The third kappa shape index (κ3) is 4.51. The predicted molar refractivity (Wildman–Crippen MR) is 96.5 cm³/mol. The molecule has 0 aliphatic heterocycles. The molecule has 3 aromatic rings. The molecule has 0 spiro atoms. The summed E-state index contributed by atoms with van der Waals surface area (Å²) in [5, 5.41) is 14.5. The van der Waals surface area contributed by atoms with Crippen LogP contribution in [0.2, 0.25) is 0 Å². The number of thiazole rings is 1. The molecule has 0 radical (unpaired) electrons. The van der Waals surface area contributed by atoms with Crippen LogP contribution in [0.15, 0.2) is 60.0 Å². The van der Waals surface area contributed by atoms with Crippen LogP contribution in [0.3, 0.4) is 0 Å². The number of aromatic nitrogens is 1. The summed E-state index contributed by atoms with van der Waals surface area (Å²) in [6.45, 7) is 0.289. The first kappa shape index (κ1) is 16.9. The number of aromatic carboxylic acids is 1. The maximum atomic E-state index is 12.1. The number of amides is 1. The second-order valence-corrected chi connectivity index (χ2v) is 6.39. The van der Waals surface area contributed by atoms with Gasteiger partial charge in [0.1, 0.15) is 5.01 Å². The van der Waals surface area contributed by atoms with Gasteiger partial charge in [-0.2, -0.15) is 0 Å². The molecule has 25 heavy (non-hydrogen) atoms. The Balaban J connectivity index is 1.57. The van der Waals surface area contributed by atoms with Gasteiger partial charge in [-0.05, 0) is 17.7 Å². The lowest BCUT2D eigenvalue weighted by Crippen LogP contribution is -2.24. The summed E-state index contributed by atoms with van der Waals surface area (Å²) in [6, 6.07) is 16.3. The number of nitrogens with zero attached hydrogens (tertiary/aromatic N) is 1. The smallest absolute Gasteiger partial charge is 0.335 e. The van der Waals surface area contributed by atoms with E-state index in [2.05, 4.69) is 10.3 Å². The minimum atomic E-state index is -0.982. The van der Waals surface area contributed by atoms with Crippen molar-refractivity contribution in [3.63, 3.8) is 0 Å². The van der Waals surface area contributed by atoms with Crippen LogP contribution in [0, 0.1) is 0 Å². The number of carbonyl (C=O) groups excluding carboxylic acids is 1. The van der Waals surface area contributed by atoms with Crippen LogP contribution < -0.4 is 5.32 Å². The molecule has 2 aromatic carbocycles. The standard InChI is InChI=1S/C19H16N2O3S/c22-17(20-11-13-5-4-8-15(9-13)19(23)24)10-18-21-16(12-25-18)14-6-2-1-3-7-14/h1-9,12H,10-11H2,(H,20,22)(H,23,24). The summed E-state index contributed by atoms with van der Waals surface area (Å²) in [5.74, 6) is -1.13. The van der Waals surface area contributed by atoms with Crippen LogP contribution in [0.5, 0.6) is 0 Å². The topological polar surface area (TPSA) is 79.3 Å². The lowest BCUT2D eigenvalue weighted by molar-refractivity contribution is -0.120. The molecule has 1 amide bonds. The number of nitrogens with one attached hydrogen (secondary N) is 1. The number of hydrogen-bond acceptors (Lipinski definition) is 4. The second-order valence-electron chi connectivity index (χ2n) is 5.45. The van der Waals surface area contributed by atoms with E-state index < -0.39 is 5.97 Å². The highest BCUT2D eigenvalue weighted by molar-refractivity contribution is 7.10. The molecule has 0 saturated heterocycles. The quantitative estimate of drug-likeness (QED) is 0.713. The summed E-state index contributed by atoms with van der Waals surface area (Å²) < 4.78 is 0. The number of benzene rings is 2. The Labute approximate surface area is 149 Å². The zero-order valence-corrected chi connectivity index (χ0v) is 14.1. The van der Waals surface area contributed by atoms with Gasteiger partial charge in [-0.15, -0.1) is 11.3 Å². The molecule has 0 aliphatic carbocycles. The molecule has 0 unspecified atom stereocenters. The first-order valence-corrected chi connectivity index (χ1v) is 8.58. The van der Waals surface area contributed by atoms with Crippen LogP contribution in [-0.2, 0) is 17.8 Å². The van der Waals surface area contributed by atoms with Crippen LogP contribution in [0.25, 0.3) is 11.3 Å². The largest absolute Gasteiger partial charge is 0.478 e. The number of rotatable bonds is 6. The fourth-order valence-corrected chi connectivity index (χ4v) is 3.15. The lowest BCUT2D eigenvalue weighted by Gasteiger charge is -2.05. The SMILES string of the molecule is O=C(Cc1nc(-c2ccccc2)cs1)NCc1cccc(C(=O)O)c1. The highest BCUT2D eigenvalue weighted by Crippen LogP contribution is 2.21. The van der Waals surface area contributed by atoms with E-state index in [0.29, 0.717) is 0 Å². The van der Waals surface area contributed by atoms with E-state index in [9.17, 15) is 9.59 Å². The summed E-state index contributed by atoms with van der Waals surface area (Å²) in [5.41, 5.74) is 2.84. The molecule has 6 heteroatoms. The van der Waals surface area contributed by atoms with Gasteiger partial charge >= 0.3 is 5.97 Å².